The van der Waals surface area contributed by atoms with Gasteiger partial charge >= 0.3 is 0 Å². The van der Waals surface area contributed by atoms with Crippen molar-refractivity contribution in [1.82, 2.24) is 0 Å². The molecule has 6 atom stereocenters. The van der Waals surface area contributed by atoms with Gasteiger partial charge in [0, 0.05) is 17.9 Å². The second kappa shape index (κ2) is 15.9. The van der Waals surface area contributed by atoms with Gasteiger partial charge in [-0.25, -0.2) is 0 Å². The minimum Gasteiger partial charge on any atom is -0.396 e. The van der Waals surface area contributed by atoms with Crippen molar-refractivity contribution in [3.05, 3.63) is 58.7 Å². The molecule has 2 rings (SSSR count). The van der Waals surface area contributed by atoms with E-state index < -0.39 is 29.8 Å². The van der Waals surface area contributed by atoms with E-state index in [9.17, 15) is 30.3 Å². The monoisotopic (exact) mass is 560 g/mol. The van der Waals surface area contributed by atoms with Crippen LogP contribution in [-0.2, 0) is 9.53 Å². The second-order valence-electron chi connectivity index (χ2n) is 12.1. The van der Waals surface area contributed by atoms with Crippen LogP contribution in [0.5, 0.6) is 0 Å². The Morgan fingerprint density at radius 3 is 2.58 bits per heavy atom. The number of hydrogen-bond acceptors (Lipinski definition) is 7. The standard InChI is InChI=1S/C33H52O7/c1-23(2)9-6-10-24(3)11-7-12-26(21-40-22-27(37)20-36)29-15-17-33(31(29)38)30(13-8-18-34)28(25(4)19-35)14-16-32(33,5)39/h7,9,11-12,19,27,29-31,34,36-39H,3,6,8,10,13-18,20-22H2,1-2,4-5H3/b11-7+,26-12-,28-25-/t27-,29+,30+,31-,32-,33-/m1/s1. The van der Waals surface area contributed by atoms with E-state index >= 15 is 0 Å². The molecule has 0 heterocycles. The Bertz CT molecular complexity index is 969. The summed E-state index contributed by atoms with van der Waals surface area (Å²) in [5.74, 6) is -0.550. The summed E-state index contributed by atoms with van der Waals surface area (Å²) in [6.07, 6.45) is 11.9. The smallest absolute Gasteiger partial charge is 0.145 e. The van der Waals surface area contributed by atoms with Crippen LogP contribution in [0, 0.1) is 17.3 Å². The van der Waals surface area contributed by atoms with Crippen molar-refractivity contribution < 1.29 is 35.1 Å². The molecule has 40 heavy (non-hydrogen) atoms. The van der Waals surface area contributed by atoms with Gasteiger partial charge in [0.15, 0.2) is 0 Å². The summed E-state index contributed by atoms with van der Waals surface area (Å²) in [6, 6.07) is 0. The van der Waals surface area contributed by atoms with Gasteiger partial charge in [-0.05, 0) is 96.1 Å². The second-order valence-corrected chi connectivity index (χ2v) is 12.1. The molecule has 2 fully saturated rings. The van der Waals surface area contributed by atoms with Crippen LogP contribution >= 0.6 is 0 Å². The van der Waals surface area contributed by atoms with Gasteiger partial charge in [0.25, 0.3) is 0 Å². The van der Waals surface area contributed by atoms with Crippen LogP contribution in [-0.4, -0.2) is 76.1 Å². The first-order chi connectivity index (χ1) is 18.9. The molecule has 7 heteroatoms. The molecule has 0 amide bonds. The van der Waals surface area contributed by atoms with Gasteiger partial charge in [-0.3, -0.25) is 4.79 Å². The van der Waals surface area contributed by atoms with E-state index in [4.69, 9.17) is 4.74 Å². The zero-order chi connectivity index (χ0) is 29.9. The molecule has 0 aliphatic heterocycles. The molecular weight excluding hydrogens is 508 g/mol. The predicted molar refractivity (Wildman–Crippen MR) is 159 cm³/mol. The van der Waals surface area contributed by atoms with E-state index in [1.807, 2.05) is 18.2 Å². The topological polar surface area (TPSA) is 127 Å². The summed E-state index contributed by atoms with van der Waals surface area (Å²) in [5, 5.41) is 52.5. The van der Waals surface area contributed by atoms with Gasteiger partial charge in [-0.1, -0.05) is 47.6 Å². The van der Waals surface area contributed by atoms with E-state index in [0.29, 0.717) is 44.1 Å². The van der Waals surface area contributed by atoms with Crippen molar-refractivity contribution in [1.29, 1.82) is 0 Å². The Balaban J connectivity index is 2.43. The number of ether oxygens (including phenoxy) is 1. The molecule has 2 aliphatic carbocycles. The van der Waals surface area contributed by atoms with E-state index in [-0.39, 0.29) is 31.7 Å². The van der Waals surface area contributed by atoms with Crippen molar-refractivity contribution in [2.75, 3.05) is 26.4 Å². The van der Waals surface area contributed by atoms with Crippen LogP contribution in [0.25, 0.3) is 0 Å². The third kappa shape index (κ3) is 8.34. The third-order valence-corrected chi connectivity index (χ3v) is 8.96. The number of aldehydes is 1. The van der Waals surface area contributed by atoms with Crippen LogP contribution in [0.3, 0.4) is 0 Å². The first kappa shape index (κ1) is 34.3. The largest absolute Gasteiger partial charge is 0.396 e. The Labute approximate surface area is 240 Å². The number of carbonyl (C=O) groups excluding carboxylic acids is 1. The molecule has 1 spiro atoms. The molecule has 2 saturated carbocycles. The lowest BCUT2D eigenvalue weighted by Gasteiger charge is -2.55. The zero-order valence-corrected chi connectivity index (χ0v) is 24.9. The SMILES string of the molecule is C=C(/C=C/C=C(/COC[C@H](O)CO)[C@@H]1CC[C@]2([C@@H]1O)[C@@H](CCCO)/C(=C(/C)C=O)CC[C@@]2(C)O)CCC=C(C)C. The van der Waals surface area contributed by atoms with Crippen molar-refractivity contribution in [2.45, 2.75) is 96.9 Å². The van der Waals surface area contributed by atoms with Crippen molar-refractivity contribution in [3.8, 4) is 0 Å². The summed E-state index contributed by atoms with van der Waals surface area (Å²) in [7, 11) is 0. The average molecular weight is 561 g/mol. The highest BCUT2D eigenvalue weighted by Crippen LogP contribution is 2.62. The summed E-state index contributed by atoms with van der Waals surface area (Å²) in [5.41, 5.74) is 2.64. The van der Waals surface area contributed by atoms with Crippen LogP contribution in [0.2, 0.25) is 0 Å². The lowest BCUT2D eigenvalue weighted by molar-refractivity contribution is -0.167. The Morgan fingerprint density at radius 1 is 1.23 bits per heavy atom. The number of hydrogen-bond donors (Lipinski definition) is 5. The molecule has 0 aromatic carbocycles. The summed E-state index contributed by atoms with van der Waals surface area (Å²) >= 11 is 0. The number of rotatable bonds is 15. The highest BCUT2D eigenvalue weighted by molar-refractivity contribution is 5.74. The normalized spacial score (nSPS) is 31.0. The minimum atomic E-state index is -1.16. The first-order valence-electron chi connectivity index (χ1n) is 14.7. The van der Waals surface area contributed by atoms with Gasteiger partial charge < -0.3 is 30.3 Å². The summed E-state index contributed by atoms with van der Waals surface area (Å²) in [6.45, 7) is 11.6. The van der Waals surface area contributed by atoms with Gasteiger partial charge in [-0.2, -0.15) is 0 Å². The Morgan fingerprint density at radius 2 is 1.95 bits per heavy atom. The fourth-order valence-corrected chi connectivity index (χ4v) is 6.74. The molecule has 0 aromatic rings. The van der Waals surface area contributed by atoms with Crippen LogP contribution in [0.4, 0.5) is 0 Å². The van der Waals surface area contributed by atoms with E-state index in [0.717, 1.165) is 35.8 Å². The van der Waals surface area contributed by atoms with Gasteiger partial charge in [0.05, 0.1) is 31.5 Å². The lowest BCUT2D eigenvalue weighted by atomic mass is 9.52. The molecule has 7 nitrogen and oxygen atoms in total. The van der Waals surface area contributed by atoms with Gasteiger partial charge in [-0.15, -0.1) is 0 Å². The fourth-order valence-electron chi connectivity index (χ4n) is 6.74. The molecule has 2 aliphatic rings. The molecular formula is C33H52O7. The highest BCUT2D eigenvalue weighted by Gasteiger charge is 2.63. The van der Waals surface area contributed by atoms with Crippen LogP contribution in [0.15, 0.2) is 58.7 Å². The van der Waals surface area contributed by atoms with E-state index in [1.165, 1.54) is 5.57 Å². The number of aliphatic hydroxyl groups is 5. The first-order valence-corrected chi connectivity index (χ1v) is 14.7. The van der Waals surface area contributed by atoms with E-state index in [2.05, 4.69) is 26.5 Å². The number of aliphatic hydroxyl groups excluding tert-OH is 4. The zero-order valence-electron chi connectivity index (χ0n) is 24.9. The number of allylic oxidation sites excluding steroid dienone is 8. The van der Waals surface area contributed by atoms with Crippen molar-refractivity contribution in [3.63, 3.8) is 0 Å². The highest BCUT2D eigenvalue weighted by atomic mass is 16.5. The maximum absolute atomic E-state index is 12.1. The summed E-state index contributed by atoms with van der Waals surface area (Å²) in [4.78, 5) is 11.8. The molecule has 0 saturated heterocycles. The van der Waals surface area contributed by atoms with Gasteiger partial charge in [0.2, 0.25) is 0 Å². The van der Waals surface area contributed by atoms with Crippen LogP contribution in [0.1, 0.15) is 79.1 Å². The average Bonchev–Trinajstić information content (AvgIpc) is 3.25. The maximum atomic E-state index is 12.1. The minimum absolute atomic E-state index is 0.00383. The van der Waals surface area contributed by atoms with Crippen LogP contribution < -0.4 is 0 Å². The fraction of sp³-hybridized carbons (Fsp3) is 0.667. The lowest BCUT2D eigenvalue weighted by Crippen LogP contribution is -2.59. The number of carbonyl (C=O) groups is 1. The molecule has 0 bridgehead atoms. The Kier molecular flexibility index (Phi) is 13.7. The Hall–Kier alpha value is -1.87. The summed E-state index contributed by atoms with van der Waals surface area (Å²) < 4.78 is 5.75. The van der Waals surface area contributed by atoms with Crippen molar-refractivity contribution in [2.24, 2.45) is 17.3 Å². The molecule has 226 valence electrons. The molecule has 0 unspecified atom stereocenters. The predicted octanol–water partition coefficient (Wildman–Crippen LogP) is 4.35. The molecule has 5 N–H and O–H groups in total. The van der Waals surface area contributed by atoms with Gasteiger partial charge in [0.1, 0.15) is 12.4 Å². The third-order valence-electron chi connectivity index (χ3n) is 8.96. The van der Waals surface area contributed by atoms with Crippen molar-refractivity contribution >= 4 is 6.29 Å². The maximum Gasteiger partial charge on any atom is 0.145 e. The quantitative estimate of drug-likeness (QED) is 0.0872. The molecule has 0 aromatic heterocycles. The molecule has 0 radical (unpaired) electrons. The van der Waals surface area contributed by atoms with E-state index in [1.54, 1.807) is 13.8 Å².